The Labute approximate surface area is 157 Å². The lowest BCUT2D eigenvalue weighted by molar-refractivity contribution is -0.185. The summed E-state index contributed by atoms with van der Waals surface area (Å²) in [5.74, 6) is 0.379. The smallest absolute Gasteiger partial charge is 0.354 e. The minimum absolute atomic E-state index is 0.260. The van der Waals surface area contributed by atoms with Crippen LogP contribution in [-0.2, 0) is 0 Å². The van der Waals surface area contributed by atoms with Crippen LogP contribution in [0.25, 0.3) is 0 Å². The first kappa shape index (κ1) is 23.0. The summed E-state index contributed by atoms with van der Waals surface area (Å²) in [5, 5.41) is 3.35. The van der Waals surface area contributed by atoms with Gasteiger partial charge in [0.15, 0.2) is 0 Å². The van der Waals surface area contributed by atoms with Crippen molar-refractivity contribution in [2.45, 2.75) is 65.5 Å². The first-order chi connectivity index (χ1) is 12.3. The van der Waals surface area contributed by atoms with Crippen molar-refractivity contribution in [2.75, 3.05) is 33.2 Å². The molecule has 1 N–H and O–H groups in total. The van der Waals surface area contributed by atoms with Crippen molar-refractivity contribution >= 4 is 5.84 Å². The first-order valence-electron chi connectivity index (χ1n) is 9.94. The van der Waals surface area contributed by atoms with E-state index in [0.717, 1.165) is 44.9 Å². The van der Waals surface area contributed by atoms with Crippen LogP contribution >= 0.6 is 0 Å². The van der Waals surface area contributed by atoms with E-state index in [0.29, 0.717) is 12.8 Å². The summed E-state index contributed by atoms with van der Waals surface area (Å²) in [6.07, 6.45) is 3.05. The van der Waals surface area contributed by atoms with Gasteiger partial charge in [0, 0.05) is 33.2 Å². The number of allylic oxidation sites excluding steroid dienone is 1. The van der Waals surface area contributed by atoms with Gasteiger partial charge >= 0.3 is 6.18 Å². The van der Waals surface area contributed by atoms with Crippen molar-refractivity contribution < 1.29 is 13.2 Å². The van der Waals surface area contributed by atoms with Gasteiger partial charge in [-0.15, -0.1) is 0 Å². The Morgan fingerprint density at radius 1 is 1.23 bits per heavy atom. The molecule has 0 spiro atoms. The minimum atomic E-state index is -3.95. The van der Waals surface area contributed by atoms with Crippen molar-refractivity contribution in [3.63, 3.8) is 0 Å². The summed E-state index contributed by atoms with van der Waals surface area (Å²) in [6.45, 7) is 10.6. The summed E-state index contributed by atoms with van der Waals surface area (Å²) >= 11 is 0. The number of piperazine rings is 1. The third-order valence-electron chi connectivity index (χ3n) is 5.09. The van der Waals surface area contributed by atoms with Crippen LogP contribution in [0, 0.1) is 11.8 Å². The molecule has 0 radical (unpaired) electrons. The molecule has 6 heteroatoms. The molecule has 0 aromatic heterocycles. The SMILES string of the molecule is CC1CCCC(C(F)(F)F)C1.CCC/C(C)=C\C(=NC)N1CCNCC1. The molecule has 26 heavy (non-hydrogen) atoms. The maximum atomic E-state index is 12.1. The molecular formula is C20H36F3N3. The normalized spacial score (nSPS) is 25.6. The van der Waals surface area contributed by atoms with Gasteiger partial charge in [0.25, 0.3) is 0 Å². The van der Waals surface area contributed by atoms with Gasteiger partial charge in [-0.2, -0.15) is 13.2 Å². The number of rotatable bonds is 3. The van der Waals surface area contributed by atoms with Gasteiger partial charge in [-0.25, -0.2) is 0 Å². The van der Waals surface area contributed by atoms with Crippen LogP contribution in [0.5, 0.6) is 0 Å². The van der Waals surface area contributed by atoms with Crippen molar-refractivity contribution in [1.29, 1.82) is 0 Å². The van der Waals surface area contributed by atoms with Crippen LogP contribution in [0.4, 0.5) is 13.2 Å². The molecule has 0 aromatic carbocycles. The molecule has 1 saturated heterocycles. The summed E-state index contributed by atoms with van der Waals surface area (Å²) in [4.78, 5) is 6.73. The average Bonchev–Trinajstić information content (AvgIpc) is 2.60. The maximum Gasteiger partial charge on any atom is 0.391 e. The lowest BCUT2D eigenvalue weighted by Gasteiger charge is -2.29. The van der Waals surface area contributed by atoms with Gasteiger partial charge in [-0.1, -0.05) is 38.7 Å². The lowest BCUT2D eigenvalue weighted by atomic mass is 9.82. The highest BCUT2D eigenvalue weighted by Gasteiger charge is 2.41. The molecule has 0 aromatic rings. The number of alkyl halides is 3. The number of hydrogen-bond acceptors (Lipinski definition) is 2. The van der Waals surface area contributed by atoms with Crippen molar-refractivity contribution in [3.8, 4) is 0 Å². The number of nitrogens with one attached hydrogen (secondary N) is 1. The molecule has 2 rings (SSSR count). The monoisotopic (exact) mass is 375 g/mol. The van der Waals surface area contributed by atoms with E-state index in [1.165, 1.54) is 18.4 Å². The molecule has 2 unspecified atom stereocenters. The molecule has 2 aliphatic rings. The second kappa shape index (κ2) is 11.6. The van der Waals surface area contributed by atoms with Gasteiger partial charge in [0.2, 0.25) is 0 Å². The third-order valence-corrected chi connectivity index (χ3v) is 5.09. The number of halogens is 3. The van der Waals surface area contributed by atoms with Crippen LogP contribution in [0.1, 0.15) is 59.3 Å². The van der Waals surface area contributed by atoms with Crippen LogP contribution in [0.3, 0.4) is 0 Å². The fourth-order valence-corrected chi connectivity index (χ4v) is 3.61. The zero-order valence-electron chi connectivity index (χ0n) is 16.8. The largest absolute Gasteiger partial charge is 0.391 e. The number of aliphatic imine (C=N–C) groups is 1. The van der Waals surface area contributed by atoms with Gasteiger partial charge in [-0.3, -0.25) is 4.99 Å². The third kappa shape index (κ3) is 8.56. The summed E-state index contributed by atoms with van der Waals surface area (Å²) in [6, 6.07) is 0. The van der Waals surface area contributed by atoms with Crippen LogP contribution in [0.2, 0.25) is 0 Å². The molecule has 2 fully saturated rings. The molecule has 1 saturated carbocycles. The van der Waals surface area contributed by atoms with Crippen molar-refractivity contribution in [1.82, 2.24) is 10.2 Å². The Balaban J connectivity index is 0.000000273. The van der Waals surface area contributed by atoms with E-state index in [9.17, 15) is 13.2 Å². The van der Waals surface area contributed by atoms with E-state index in [-0.39, 0.29) is 5.92 Å². The van der Waals surface area contributed by atoms with E-state index in [2.05, 4.69) is 35.1 Å². The molecule has 0 amide bonds. The van der Waals surface area contributed by atoms with Crippen LogP contribution < -0.4 is 5.32 Å². The molecule has 3 nitrogen and oxygen atoms in total. The van der Waals surface area contributed by atoms with Crippen LogP contribution in [0.15, 0.2) is 16.6 Å². The number of nitrogens with zero attached hydrogens (tertiary/aromatic N) is 2. The zero-order valence-corrected chi connectivity index (χ0v) is 16.8. The second-order valence-corrected chi connectivity index (χ2v) is 7.57. The highest BCUT2D eigenvalue weighted by Crippen LogP contribution is 2.39. The molecule has 1 aliphatic carbocycles. The highest BCUT2D eigenvalue weighted by atomic mass is 19.4. The van der Waals surface area contributed by atoms with E-state index in [1.807, 2.05) is 14.0 Å². The molecule has 1 aliphatic heterocycles. The fourth-order valence-electron chi connectivity index (χ4n) is 3.61. The topological polar surface area (TPSA) is 27.6 Å². The van der Waals surface area contributed by atoms with E-state index in [4.69, 9.17) is 0 Å². The Hall–Kier alpha value is -1.04. The maximum absolute atomic E-state index is 12.1. The van der Waals surface area contributed by atoms with Gasteiger partial charge in [0.05, 0.1) is 5.92 Å². The zero-order chi connectivity index (χ0) is 19.6. The fraction of sp³-hybridized carbons (Fsp3) is 0.850. The van der Waals surface area contributed by atoms with Gasteiger partial charge in [-0.05, 0) is 38.2 Å². The van der Waals surface area contributed by atoms with E-state index < -0.39 is 12.1 Å². The Morgan fingerprint density at radius 2 is 1.88 bits per heavy atom. The van der Waals surface area contributed by atoms with E-state index >= 15 is 0 Å². The van der Waals surface area contributed by atoms with Gasteiger partial charge in [0.1, 0.15) is 5.84 Å². The quantitative estimate of drug-likeness (QED) is 0.553. The molecule has 1 heterocycles. The molecule has 152 valence electrons. The molecular weight excluding hydrogens is 339 g/mol. The van der Waals surface area contributed by atoms with Gasteiger partial charge < -0.3 is 10.2 Å². The Bertz CT molecular complexity index is 452. The predicted molar refractivity (Wildman–Crippen MR) is 104 cm³/mol. The van der Waals surface area contributed by atoms with Crippen molar-refractivity contribution in [2.24, 2.45) is 16.8 Å². The first-order valence-corrected chi connectivity index (χ1v) is 9.94. The standard InChI is InChI=1S/C12H23N3.C8H13F3/c1-4-5-11(2)10-12(13-3)15-8-6-14-7-9-15;1-6-3-2-4-7(5-6)8(9,10)11/h10,14H,4-9H2,1-3H3;6-7H,2-5H2,1H3/b11-10-,13-12?;. The molecule has 0 bridgehead atoms. The van der Waals surface area contributed by atoms with Crippen molar-refractivity contribution in [3.05, 3.63) is 11.6 Å². The van der Waals surface area contributed by atoms with Crippen LogP contribution in [-0.4, -0.2) is 50.1 Å². The number of amidine groups is 1. The minimum Gasteiger partial charge on any atom is -0.354 e. The predicted octanol–water partition coefficient (Wildman–Crippen LogP) is 5.04. The molecule has 2 atom stereocenters. The number of hydrogen-bond donors (Lipinski definition) is 1. The summed E-state index contributed by atoms with van der Waals surface area (Å²) < 4.78 is 36.3. The Kier molecular flexibility index (Phi) is 10.3. The lowest BCUT2D eigenvalue weighted by Crippen LogP contribution is -2.46. The second-order valence-electron chi connectivity index (χ2n) is 7.57. The summed E-state index contributed by atoms with van der Waals surface area (Å²) in [7, 11) is 1.88. The Morgan fingerprint density at radius 3 is 2.35 bits per heavy atom. The highest BCUT2D eigenvalue weighted by molar-refractivity contribution is 5.93. The van der Waals surface area contributed by atoms with E-state index in [1.54, 1.807) is 0 Å². The summed E-state index contributed by atoms with van der Waals surface area (Å²) in [5.41, 5.74) is 1.43. The average molecular weight is 376 g/mol.